The highest BCUT2D eigenvalue weighted by atomic mass is 16.7. The van der Waals surface area contributed by atoms with Gasteiger partial charge < -0.3 is 19.7 Å². The minimum Gasteiger partial charge on any atom is -0.454 e. The Balaban J connectivity index is 1.25. The smallest absolute Gasteiger partial charge is 0.251 e. The Morgan fingerprint density at radius 2 is 1.61 bits per heavy atom. The number of ether oxygens (including phenoxy) is 2. The van der Waals surface area contributed by atoms with Gasteiger partial charge >= 0.3 is 0 Å². The standard InChI is InChI=1S/C24H32N4O3/c1-26(2)9-8-25-24(29)21-5-3-4-19(14-21)16-27-10-12-28(13-11-27)17-20-6-7-22-23(15-20)31-18-30-22/h3-7,14-15H,8-13,16-18H2,1-2H3,(H,25,29). The molecular weight excluding hydrogens is 392 g/mol. The quantitative estimate of drug-likeness (QED) is 0.700. The van der Waals surface area contributed by atoms with E-state index in [0.717, 1.165) is 62.9 Å². The molecule has 0 spiro atoms. The van der Waals surface area contributed by atoms with Crippen molar-refractivity contribution in [3.8, 4) is 11.5 Å². The molecule has 1 N–H and O–H groups in total. The van der Waals surface area contributed by atoms with Crippen LogP contribution in [0.3, 0.4) is 0 Å². The van der Waals surface area contributed by atoms with Crippen molar-refractivity contribution >= 4 is 5.91 Å². The van der Waals surface area contributed by atoms with E-state index in [9.17, 15) is 4.79 Å². The molecule has 0 saturated carbocycles. The summed E-state index contributed by atoms with van der Waals surface area (Å²) in [6, 6.07) is 14.2. The highest BCUT2D eigenvalue weighted by Gasteiger charge is 2.19. The number of hydrogen-bond acceptors (Lipinski definition) is 6. The molecule has 0 bridgehead atoms. The van der Waals surface area contributed by atoms with E-state index in [1.54, 1.807) is 0 Å². The van der Waals surface area contributed by atoms with Crippen molar-refractivity contribution in [2.45, 2.75) is 13.1 Å². The van der Waals surface area contributed by atoms with Gasteiger partial charge in [0.15, 0.2) is 11.5 Å². The van der Waals surface area contributed by atoms with Crippen LogP contribution in [0.1, 0.15) is 21.5 Å². The topological polar surface area (TPSA) is 57.3 Å². The van der Waals surface area contributed by atoms with E-state index in [1.165, 1.54) is 11.1 Å². The Morgan fingerprint density at radius 3 is 2.32 bits per heavy atom. The first-order chi connectivity index (χ1) is 15.1. The molecule has 2 aliphatic rings. The number of piperazine rings is 1. The SMILES string of the molecule is CN(C)CCNC(=O)c1cccc(CN2CCN(Cc3ccc4c(c3)OCO4)CC2)c1. The van der Waals surface area contributed by atoms with Gasteiger partial charge in [0, 0.05) is 57.9 Å². The lowest BCUT2D eigenvalue weighted by Gasteiger charge is -2.34. The third kappa shape index (κ3) is 5.97. The fourth-order valence-electron chi connectivity index (χ4n) is 3.97. The second kappa shape index (κ2) is 10.1. The molecule has 1 fully saturated rings. The fourth-order valence-corrected chi connectivity index (χ4v) is 3.97. The van der Waals surface area contributed by atoms with E-state index in [0.29, 0.717) is 13.3 Å². The third-order valence-corrected chi connectivity index (χ3v) is 5.75. The van der Waals surface area contributed by atoms with Crippen LogP contribution < -0.4 is 14.8 Å². The molecule has 2 aromatic carbocycles. The molecule has 0 aromatic heterocycles. The molecule has 1 saturated heterocycles. The fraction of sp³-hybridized carbons (Fsp3) is 0.458. The molecular formula is C24H32N4O3. The molecule has 0 unspecified atom stereocenters. The summed E-state index contributed by atoms with van der Waals surface area (Å²) >= 11 is 0. The van der Waals surface area contributed by atoms with Crippen LogP contribution in [0.25, 0.3) is 0 Å². The number of rotatable bonds is 8. The first-order valence-corrected chi connectivity index (χ1v) is 10.9. The molecule has 2 aliphatic heterocycles. The molecule has 2 aromatic rings. The average molecular weight is 425 g/mol. The molecule has 0 radical (unpaired) electrons. The highest BCUT2D eigenvalue weighted by molar-refractivity contribution is 5.94. The van der Waals surface area contributed by atoms with Crippen LogP contribution in [-0.2, 0) is 13.1 Å². The molecule has 31 heavy (non-hydrogen) atoms. The van der Waals surface area contributed by atoms with Gasteiger partial charge in [0.1, 0.15) is 0 Å². The van der Waals surface area contributed by atoms with Gasteiger partial charge in [-0.2, -0.15) is 0 Å². The normalized spacial score (nSPS) is 16.6. The van der Waals surface area contributed by atoms with Crippen LogP contribution in [0.15, 0.2) is 42.5 Å². The second-order valence-electron chi connectivity index (χ2n) is 8.50. The van der Waals surface area contributed by atoms with E-state index >= 15 is 0 Å². The first-order valence-electron chi connectivity index (χ1n) is 10.9. The number of carbonyl (C=O) groups excluding carboxylic acids is 1. The van der Waals surface area contributed by atoms with Gasteiger partial charge in [0.2, 0.25) is 6.79 Å². The van der Waals surface area contributed by atoms with Gasteiger partial charge in [-0.25, -0.2) is 0 Å². The second-order valence-corrected chi connectivity index (χ2v) is 8.50. The summed E-state index contributed by atoms with van der Waals surface area (Å²) in [6.45, 7) is 7.69. The van der Waals surface area contributed by atoms with Gasteiger partial charge in [-0.05, 0) is 49.5 Å². The number of likely N-dealkylation sites (N-methyl/N-ethyl adjacent to an activating group) is 1. The highest BCUT2D eigenvalue weighted by Crippen LogP contribution is 2.32. The summed E-state index contributed by atoms with van der Waals surface area (Å²) in [5, 5.41) is 2.99. The molecule has 4 rings (SSSR count). The summed E-state index contributed by atoms with van der Waals surface area (Å²) in [7, 11) is 4.00. The van der Waals surface area contributed by atoms with Gasteiger partial charge in [-0.1, -0.05) is 18.2 Å². The maximum atomic E-state index is 12.4. The molecule has 1 amide bonds. The third-order valence-electron chi connectivity index (χ3n) is 5.75. The monoisotopic (exact) mass is 424 g/mol. The largest absolute Gasteiger partial charge is 0.454 e. The number of carbonyl (C=O) groups is 1. The van der Waals surface area contributed by atoms with Crippen molar-refractivity contribution in [1.82, 2.24) is 20.0 Å². The summed E-state index contributed by atoms with van der Waals surface area (Å²) in [6.07, 6.45) is 0. The lowest BCUT2D eigenvalue weighted by Crippen LogP contribution is -2.45. The number of hydrogen-bond donors (Lipinski definition) is 1. The Bertz CT molecular complexity index is 894. The number of amides is 1. The zero-order valence-corrected chi connectivity index (χ0v) is 18.5. The minimum absolute atomic E-state index is 0.00255. The number of fused-ring (bicyclic) bond motifs is 1. The maximum Gasteiger partial charge on any atom is 0.251 e. The van der Waals surface area contributed by atoms with Crippen molar-refractivity contribution in [2.75, 3.05) is 60.2 Å². The first kappa shape index (κ1) is 21.6. The predicted octanol–water partition coefficient (Wildman–Crippen LogP) is 2.02. The summed E-state index contributed by atoms with van der Waals surface area (Å²) in [4.78, 5) is 19.4. The Hall–Kier alpha value is -2.61. The summed E-state index contributed by atoms with van der Waals surface area (Å²) < 4.78 is 10.9. The van der Waals surface area contributed by atoms with Crippen molar-refractivity contribution in [2.24, 2.45) is 0 Å². The zero-order chi connectivity index (χ0) is 21.6. The van der Waals surface area contributed by atoms with Crippen molar-refractivity contribution < 1.29 is 14.3 Å². The van der Waals surface area contributed by atoms with Gasteiger partial charge in [0.25, 0.3) is 5.91 Å². The van der Waals surface area contributed by atoms with Gasteiger partial charge in [-0.3, -0.25) is 14.6 Å². The van der Waals surface area contributed by atoms with Crippen molar-refractivity contribution in [3.05, 3.63) is 59.2 Å². The van der Waals surface area contributed by atoms with E-state index < -0.39 is 0 Å². The summed E-state index contributed by atoms with van der Waals surface area (Å²) in [5.74, 6) is 1.68. The van der Waals surface area contributed by atoms with Crippen molar-refractivity contribution in [1.29, 1.82) is 0 Å². The molecule has 0 aliphatic carbocycles. The van der Waals surface area contributed by atoms with E-state index in [4.69, 9.17) is 9.47 Å². The molecule has 7 nitrogen and oxygen atoms in total. The molecule has 7 heteroatoms. The van der Waals surface area contributed by atoms with Crippen LogP contribution in [-0.4, -0.2) is 80.8 Å². The Labute approximate surface area is 184 Å². The van der Waals surface area contributed by atoms with Crippen LogP contribution in [0.2, 0.25) is 0 Å². The Kier molecular flexibility index (Phi) is 7.06. The number of benzene rings is 2. The minimum atomic E-state index is -0.00255. The van der Waals surface area contributed by atoms with Crippen molar-refractivity contribution in [3.63, 3.8) is 0 Å². The molecule has 2 heterocycles. The van der Waals surface area contributed by atoms with Gasteiger partial charge in [0.05, 0.1) is 0 Å². The van der Waals surface area contributed by atoms with E-state index in [2.05, 4.69) is 38.2 Å². The lowest BCUT2D eigenvalue weighted by molar-refractivity contribution is 0.0950. The molecule has 0 atom stereocenters. The van der Waals surface area contributed by atoms with Gasteiger partial charge in [-0.15, -0.1) is 0 Å². The van der Waals surface area contributed by atoms with E-state index in [-0.39, 0.29) is 5.91 Å². The van der Waals surface area contributed by atoms with E-state index in [1.807, 2.05) is 38.4 Å². The predicted molar refractivity (Wildman–Crippen MR) is 120 cm³/mol. The zero-order valence-electron chi connectivity index (χ0n) is 18.5. The molecule has 166 valence electrons. The Morgan fingerprint density at radius 1 is 0.935 bits per heavy atom. The van der Waals surface area contributed by atoms with Crippen LogP contribution in [0, 0.1) is 0 Å². The number of nitrogens with one attached hydrogen (secondary N) is 1. The number of nitrogens with zero attached hydrogens (tertiary/aromatic N) is 3. The average Bonchev–Trinajstić information content (AvgIpc) is 3.23. The lowest BCUT2D eigenvalue weighted by atomic mass is 10.1. The maximum absolute atomic E-state index is 12.4. The van der Waals surface area contributed by atoms with Crippen LogP contribution in [0.5, 0.6) is 11.5 Å². The summed E-state index contributed by atoms with van der Waals surface area (Å²) in [5.41, 5.74) is 3.17. The van der Waals surface area contributed by atoms with Crippen LogP contribution in [0.4, 0.5) is 0 Å². The van der Waals surface area contributed by atoms with Crippen LogP contribution >= 0.6 is 0 Å².